The lowest BCUT2D eigenvalue weighted by molar-refractivity contribution is -0.143. The van der Waals surface area contributed by atoms with Crippen molar-refractivity contribution in [3.05, 3.63) is 29.8 Å². The Balaban J connectivity index is 2.46. The average molecular weight is 259 g/mol. The first kappa shape index (κ1) is 14.4. The first-order valence-electron chi connectivity index (χ1n) is 5.43. The van der Waals surface area contributed by atoms with Crippen molar-refractivity contribution in [2.45, 2.75) is 25.3 Å². The number of carboxylic acids is 1. The highest BCUT2D eigenvalue weighted by molar-refractivity contribution is 5.77. The predicted molar refractivity (Wildman–Crippen MR) is 61.3 cm³/mol. The Morgan fingerprint density at radius 3 is 2.50 bits per heavy atom. The standard InChI is InChI=1S/C12H15F2NO3/c1-12(15,11(16)17)6-3-7-18-10-8(13)4-2-5-9(10)14/h2,4-5H,3,6-7,15H2,1H3,(H,16,17). The average Bonchev–Trinajstić information content (AvgIpc) is 2.27. The normalized spacial score (nSPS) is 14.0. The number of ether oxygens (including phenoxy) is 1. The molecule has 1 aromatic rings. The summed E-state index contributed by atoms with van der Waals surface area (Å²) in [5.74, 6) is -3.15. The largest absolute Gasteiger partial charge is 0.488 e. The van der Waals surface area contributed by atoms with Crippen molar-refractivity contribution in [1.82, 2.24) is 0 Å². The van der Waals surface area contributed by atoms with E-state index in [-0.39, 0.29) is 19.4 Å². The lowest BCUT2D eigenvalue weighted by Crippen LogP contribution is -2.44. The van der Waals surface area contributed by atoms with Gasteiger partial charge >= 0.3 is 5.97 Å². The molecule has 0 aliphatic carbocycles. The molecule has 100 valence electrons. The molecule has 0 aromatic heterocycles. The topological polar surface area (TPSA) is 72.5 Å². The van der Waals surface area contributed by atoms with Gasteiger partial charge in [-0.1, -0.05) is 6.07 Å². The molecule has 0 fully saturated rings. The molecule has 0 aliphatic rings. The molecule has 3 N–H and O–H groups in total. The van der Waals surface area contributed by atoms with Crippen molar-refractivity contribution in [1.29, 1.82) is 0 Å². The summed E-state index contributed by atoms with van der Waals surface area (Å²) in [5.41, 5.74) is 4.13. The van der Waals surface area contributed by atoms with Gasteiger partial charge in [0.05, 0.1) is 6.61 Å². The van der Waals surface area contributed by atoms with Crippen LogP contribution in [0.1, 0.15) is 19.8 Å². The van der Waals surface area contributed by atoms with Crippen LogP contribution in [0.2, 0.25) is 0 Å². The molecule has 1 unspecified atom stereocenters. The summed E-state index contributed by atoms with van der Waals surface area (Å²) >= 11 is 0. The SMILES string of the molecule is CC(N)(CCCOc1c(F)cccc1F)C(=O)O. The van der Waals surface area contributed by atoms with Gasteiger partial charge < -0.3 is 15.6 Å². The molecule has 1 atom stereocenters. The summed E-state index contributed by atoms with van der Waals surface area (Å²) in [6.07, 6.45) is 0.436. The minimum Gasteiger partial charge on any atom is -0.488 e. The van der Waals surface area contributed by atoms with Gasteiger partial charge in [0.2, 0.25) is 0 Å². The van der Waals surface area contributed by atoms with E-state index in [9.17, 15) is 13.6 Å². The van der Waals surface area contributed by atoms with Gasteiger partial charge in [0.15, 0.2) is 17.4 Å². The maximum absolute atomic E-state index is 13.2. The molecule has 6 heteroatoms. The van der Waals surface area contributed by atoms with Crippen LogP contribution in [0.15, 0.2) is 18.2 Å². The second kappa shape index (κ2) is 5.77. The third-order valence-corrected chi connectivity index (χ3v) is 2.49. The summed E-state index contributed by atoms with van der Waals surface area (Å²) in [5, 5.41) is 8.76. The number of hydrogen-bond acceptors (Lipinski definition) is 3. The maximum Gasteiger partial charge on any atom is 0.323 e. The zero-order chi connectivity index (χ0) is 13.8. The third-order valence-electron chi connectivity index (χ3n) is 2.49. The first-order chi connectivity index (χ1) is 8.34. The summed E-state index contributed by atoms with van der Waals surface area (Å²) in [4.78, 5) is 10.7. The minimum atomic E-state index is -1.36. The number of hydrogen-bond donors (Lipinski definition) is 2. The molecule has 0 amide bonds. The summed E-state index contributed by atoms with van der Waals surface area (Å²) < 4.78 is 31.3. The minimum absolute atomic E-state index is 0.00206. The number of aliphatic carboxylic acids is 1. The van der Waals surface area contributed by atoms with Crippen LogP contribution in [-0.2, 0) is 4.79 Å². The van der Waals surface area contributed by atoms with E-state index in [1.807, 2.05) is 0 Å². The van der Waals surface area contributed by atoms with Gasteiger partial charge in [-0.15, -0.1) is 0 Å². The summed E-state index contributed by atoms with van der Waals surface area (Å²) in [7, 11) is 0. The molecule has 0 aliphatic heterocycles. The van der Waals surface area contributed by atoms with E-state index < -0.39 is 28.9 Å². The fourth-order valence-corrected chi connectivity index (χ4v) is 1.34. The Bertz CT molecular complexity index is 415. The van der Waals surface area contributed by atoms with Crippen LogP contribution in [0.25, 0.3) is 0 Å². The van der Waals surface area contributed by atoms with Crippen LogP contribution >= 0.6 is 0 Å². The van der Waals surface area contributed by atoms with Crippen molar-refractivity contribution in [3.63, 3.8) is 0 Å². The van der Waals surface area contributed by atoms with Gasteiger partial charge in [-0.3, -0.25) is 4.79 Å². The number of para-hydroxylation sites is 1. The molecule has 0 spiro atoms. The smallest absolute Gasteiger partial charge is 0.323 e. The van der Waals surface area contributed by atoms with Crippen LogP contribution in [0.3, 0.4) is 0 Å². The second-order valence-corrected chi connectivity index (χ2v) is 4.23. The lowest BCUT2D eigenvalue weighted by atomic mass is 9.98. The Morgan fingerprint density at radius 2 is 2.00 bits per heavy atom. The van der Waals surface area contributed by atoms with Gasteiger partial charge in [0, 0.05) is 0 Å². The van der Waals surface area contributed by atoms with E-state index in [2.05, 4.69) is 0 Å². The molecular formula is C12H15F2NO3. The summed E-state index contributed by atoms with van der Waals surface area (Å²) in [6, 6.07) is 3.41. The fourth-order valence-electron chi connectivity index (χ4n) is 1.34. The zero-order valence-electron chi connectivity index (χ0n) is 9.95. The van der Waals surface area contributed by atoms with Crippen LogP contribution in [0.5, 0.6) is 5.75 Å². The van der Waals surface area contributed by atoms with Crippen molar-refractivity contribution < 1.29 is 23.4 Å². The molecule has 0 heterocycles. The Kier molecular flexibility index (Phi) is 4.61. The van der Waals surface area contributed by atoms with E-state index in [1.165, 1.54) is 13.0 Å². The third kappa shape index (κ3) is 3.66. The fraction of sp³-hybridized carbons (Fsp3) is 0.417. The van der Waals surface area contributed by atoms with Gasteiger partial charge in [0.1, 0.15) is 5.54 Å². The van der Waals surface area contributed by atoms with Crippen LogP contribution in [0, 0.1) is 11.6 Å². The molecule has 1 rings (SSSR count). The molecular weight excluding hydrogens is 244 g/mol. The molecule has 0 radical (unpaired) electrons. The number of halogens is 2. The highest BCUT2D eigenvalue weighted by Crippen LogP contribution is 2.21. The van der Waals surface area contributed by atoms with Gasteiger partial charge in [-0.25, -0.2) is 8.78 Å². The summed E-state index contributed by atoms with van der Waals surface area (Å²) in [6.45, 7) is 1.37. The second-order valence-electron chi connectivity index (χ2n) is 4.23. The highest BCUT2D eigenvalue weighted by atomic mass is 19.1. The Hall–Kier alpha value is -1.69. The van der Waals surface area contributed by atoms with E-state index in [4.69, 9.17) is 15.6 Å². The van der Waals surface area contributed by atoms with Crippen molar-refractivity contribution in [2.75, 3.05) is 6.61 Å². The Morgan fingerprint density at radius 1 is 1.44 bits per heavy atom. The quantitative estimate of drug-likeness (QED) is 0.765. The zero-order valence-corrected chi connectivity index (χ0v) is 9.95. The number of rotatable bonds is 6. The maximum atomic E-state index is 13.2. The monoisotopic (exact) mass is 259 g/mol. The molecule has 0 saturated heterocycles. The molecule has 0 bridgehead atoms. The molecule has 4 nitrogen and oxygen atoms in total. The van der Waals surface area contributed by atoms with Crippen molar-refractivity contribution in [2.24, 2.45) is 5.73 Å². The van der Waals surface area contributed by atoms with E-state index in [1.54, 1.807) is 0 Å². The number of carboxylic acid groups (broad SMARTS) is 1. The van der Waals surface area contributed by atoms with Crippen LogP contribution < -0.4 is 10.5 Å². The number of nitrogens with two attached hydrogens (primary N) is 1. The Labute approximate surface area is 103 Å². The van der Waals surface area contributed by atoms with Gasteiger partial charge in [-0.2, -0.15) is 0 Å². The number of benzene rings is 1. The molecule has 1 aromatic carbocycles. The predicted octanol–water partition coefficient (Wildman–Crippen LogP) is 1.93. The van der Waals surface area contributed by atoms with Crippen LogP contribution in [-0.4, -0.2) is 23.2 Å². The van der Waals surface area contributed by atoms with Crippen molar-refractivity contribution >= 4 is 5.97 Å². The van der Waals surface area contributed by atoms with E-state index in [0.717, 1.165) is 12.1 Å². The van der Waals surface area contributed by atoms with Crippen molar-refractivity contribution in [3.8, 4) is 5.75 Å². The van der Waals surface area contributed by atoms with E-state index >= 15 is 0 Å². The lowest BCUT2D eigenvalue weighted by Gasteiger charge is -2.18. The highest BCUT2D eigenvalue weighted by Gasteiger charge is 2.27. The number of carbonyl (C=O) groups is 1. The van der Waals surface area contributed by atoms with E-state index in [0.29, 0.717) is 0 Å². The van der Waals surface area contributed by atoms with Gasteiger partial charge in [0.25, 0.3) is 0 Å². The first-order valence-corrected chi connectivity index (χ1v) is 5.43. The molecule has 0 saturated carbocycles. The van der Waals surface area contributed by atoms with Crippen LogP contribution in [0.4, 0.5) is 8.78 Å². The van der Waals surface area contributed by atoms with Gasteiger partial charge in [-0.05, 0) is 31.9 Å². The molecule has 18 heavy (non-hydrogen) atoms.